The van der Waals surface area contributed by atoms with E-state index in [0.717, 1.165) is 18.4 Å². The fourth-order valence-corrected chi connectivity index (χ4v) is 2.96. The Bertz CT molecular complexity index is 873. The quantitative estimate of drug-likeness (QED) is 0.801. The molecule has 4 rings (SSSR count). The molecule has 2 aliphatic rings. The molecule has 2 aromatic rings. The van der Waals surface area contributed by atoms with Crippen LogP contribution < -0.4 is 24.8 Å². The molecule has 1 aliphatic carbocycles. The second kappa shape index (κ2) is 7.80. The SMILES string of the molecule is COc1cc(C(=O)NCc2ccc(C(=O)NC3CC3)cc2)cc2c1OCCO2. The zero-order valence-corrected chi connectivity index (χ0v) is 15.6. The van der Waals surface area contributed by atoms with Crippen LogP contribution in [0.1, 0.15) is 39.1 Å². The summed E-state index contributed by atoms with van der Waals surface area (Å²) in [6.45, 7) is 1.23. The molecule has 7 heteroatoms. The Balaban J connectivity index is 1.39. The van der Waals surface area contributed by atoms with Crippen LogP contribution in [-0.4, -0.2) is 38.2 Å². The van der Waals surface area contributed by atoms with E-state index in [0.29, 0.717) is 54.2 Å². The molecular formula is C21H22N2O5. The van der Waals surface area contributed by atoms with Crippen molar-refractivity contribution in [1.82, 2.24) is 10.6 Å². The van der Waals surface area contributed by atoms with Crippen molar-refractivity contribution in [3.05, 3.63) is 53.1 Å². The lowest BCUT2D eigenvalue weighted by Gasteiger charge is -2.21. The van der Waals surface area contributed by atoms with Crippen LogP contribution in [0.3, 0.4) is 0 Å². The number of fused-ring (bicyclic) bond motifs is 1. The molecule has 0 radical (unpaired) electrons. The molecule has 1 fully saturated rings. The Morgan fingerprint density at radius 3 is 2.50 bits per heavy atom. The number of ether oxygens (including phenoxy) is 3. The van der Waals surface area contributed by atoms with Gasteiger partial charge in [0.05, 0.1) is 7.11 Å². The van der Waals surface area contributed by atoms with E-state index in [1.807, 2.05) is 12.1 Å². The van der Waals surface area contributed by atoms with Crippen LogP contribution in [0.25, 0.3) is 0 Å². The van der Waals surface area contributed by atoms with Gasteiger partial charge in [0, 0.05) is 23.7 Å². The van der Waals surface area contributed by atoms with Crippen molar-refractivity contribution >= 4 is 11.8 Å². The largest absolute Gasteiger partial charge is 0.493 e. The van der Waals surface area contributed by atoms with Crippen LogP contribution in [0.5, 0.6) is 17.2 Å². The Morgan fingerprint density at radius 1 is 1.04 bits per heavy atom. The van der Waals surface area contributed by atoms with Crippen molar-refractivity contribution in [1.29, 1.82) is 0 Å². The molecule has 0 spiro atoms. The minimum Gasteiger partial charge on any atom is -0.493 e. The first-order chi connectivity index (χ1) is 13.6. The second-order valence-corrected chi connectivity index (χ2v) is 6.83. The van der Waals surface area contributed by atoms with E-state index in [-0.39, 0.29) is 11.8 Å². The summed E-state index contributed by atoms with van der Waals surface area (Å²) in [5, 5.41) is 5.83. The maximum absolute atomic E-state index is 12.5. The first-order valence-corrected chi connectivity index (χ1v) is 9.29. The van der Waals surface area contributed by atoms with E-state index in [9.17, 15) is 9.59 Å². The van der Waals surface area contributed by atoms with E-state index in [4.69, 9.17) is 14.2 Å². The lowest BCUT2D eigenvalue weighted by Crippen LogP contribution is -2.25. The fraction of sp³-hybridized carbons (Fsp3) is 0.333. The number of rotatable bonds is 6. The summed E-state index contributed by atoms with van der Waals surface area (Å²) in [6.07, 6.45) is 2.11. The summed E-state index contributed by atoms with van der Waals surface area (Å²) in [4.78, 5) is 24.6. The van der Waals surface area contributed by atoms with Gasteiger partial charge in [0.1, 0.15) is 13.2 Å². The number of nitrogens with one attached hydrogen (secondary N) is 2. The number of carbonyl (C=O) groups is 2. The van der Waals surface area contributed by atoms with E-state index in [2.05, 4.69) is 10.6 Å². The van der Waals surface area contributed by atoms with Gasteiger partial charge in [0.2, 0.25) is 5.75 Å². The number of carbonyl (C=O) groups excluding carboxylic acids is 2. The Kier molecular flexibility index (Phi) is 5.06. The van der Waals surface area contributed by atoms with Gasteiger partial charge in [-0.25, -0.2) is 0 Å². The average molecular weight is 382 g/mol. The zero-order valence-electron chi connectivity index (χ0n) is 15.6. The summed E-state index contributed by atoms with van der Waals surface area (Å²) in [7, 11) is 1.52. The van der Waals surface area contributed by atoms with E-state index < -0.39 is 0 Å². The molecule has 2 aromatic carbocycles. The molecule has 0 saturated heterocycles. The molecule has 7 nitrogen and oxygen atoms in total. The Morgan fingerprint density at radius 2 is 1.79 bits per heavy atom. The molecule has 1 heterocycles. The highest BCUT2D eigenvalue weighted by Gasteiger charge is 2.24. The van der Waals surface area contributed by atoms with Crippen molar-refractivity contribution < 1.29 is 23.8 Å². The predicted octanol–water partition coefficient (Wildman–Crippen LogP) is 2.29. The van der Waals surface area contributed by atoms with Gasteiger partial charge >= 0.3 is 0 Å². The minimum absolute atomic E-state index is 0.0542. The van der Waals surface area contributed by atoms with Crippen molar-refractivity contribution in [3.8, 4) is 17.2 Å². The molecule has 0 unspecified atom stereocenters. The van der Waals surface area contributed by atoms with E-state index >= 15 is 0 Å². The van der Waals surface area contributed by atoms with Crippen LogP contribution in [0.15, 0.2) is 36.4 Å². The molecule has 1 aliphatic heterocycles. The number of hydrogen-bond donors (Lipinski definition) is 2. The van der Waals surface area contributed by atoms with Gasteiger partial charge in [-0.15, -0.1) is 0 Å². The molecule has 2 amide bonds. The molecule has 146 valence electrons. The van der Waals surface area contributed by atoms with Crippen LogP contribution in [0.4, 0.5) is 0 Å². The molecule has 0 aromatic heterocycles. The average Bonchev–Trinajstić information content (AvgIpc) is 3.55. The van der Waals surface area contributed by atoms with Crippen molar-refractivity contribution in [2.75, 3.05) is 20.3 Å². The number of methoxy groups -OCH3 is 1. The first kappa shape index (κ1) is 18.2. The third-order valence-corrected chi connectivity index (χ3v) is 4.67. The van der Waals surface area contributed by atoms with Gasteiger partial charge < -0.3 is 24.8 Å². The minimum atomic E-state index is -0.245. The van der Waals surface area contributed by atoms with Crippen LogP contribution in [0.2, 0.25) is 0 Å². The zero-order chi connectivity index (χ0) is 19.5. The lowest BCUT2D eigenvalue weighted by atomic mass is 10.1. The Labute approximate surface area is 163 Å². The highest BCUT2D eigenvalue weighted by Crippen LogP contribution is 2.40. The number of amides is 2. The molecule has 0 bridgehead atoms. The fourth-order valence-electron chi connectivity index (χ4n) is 2.96. The van der Waals surface area contributed by atoms with Crippen molar-refractivity contribution in [2.45, 2.75) is 25.4 Å². The summed E-state index contributed by atoms with van der Waals surface area (Å²) >= 11 is 0. The Hall–Kier alpha value is -3.22. The van der Waals surface area contributed by atoms with Crippen LogP contribution >= 0.6 is 0 Å². The summed E-state index contributed by atoms with van der Waals surface area (Å²) < 4.78 is 16.4. The summed E-state index contributed by atoms with van der Waals surface area (Å²) in [5.74, 6) is 1.19. The topological polar surface area (TPSA) is 85.9 Å². The predicted molar refractivity (Wildman–Crippen MR) is 102 cm³/mol. The van der Waals surface area contributed by atoms with Crippen molar-refractivity contribution in [3.63, 3.8) is 0 Å². The molecule has 1 saturated carbocycles. The van der Waals surface area contributed by atoms with Gasteiger partial charge in [-0.1, -0.05) is 12.1 Å². The number of hydrogen-bond acceptors (Lipinski definition) is 5. The van der Waals surface area contributed by atoms with Crippen molar-refractivity contribution in [2.24, 2.45) is 0 Å². The van der Waals surface area contributed by atoms with Crippen LogP contribution in [-0.2, 0) is 6.54 Å². The number of benzene rings is 2. The molecule has 0 atom stereocenters. The molecular weight excluding hydrogens is 360 g/mol. The van der Waals surface area contributed by atoms with Gasteiger partial charge in [0.25, 0.3) is 11.8 Å². The summed E-state index contributed by atoms with van der Waals surface area (Å²) in [6, 6.07) is 10.8. The molecule has 2 N–H and O–H groups in total. The lowest BCUT2D eigenvalue weighted by molar-refractivity contribution is 0.0940. The van der Waals surface area contributed by atoms with Gasteiger partial charge in [-0.3, -0.25) is 9.59 Å². The monoisotopic (exact) mass is 382 g/mol. The maximum atomic E-state index is 12.5. The maximum Gasteiger partial charge on any atom is 0.251 e. The van der Waals surface area contributed by atoms with Crippen LogP contribution in [0, 0.1) is 0 Å². The smallest absolute Gasteiger partial charge is 0.251 e. The highest BCUT2D eigenvalue weighted by atomic mass is 16.6. The summed E-state index contributed by atoms with van der Waals surface area (Å²) in [5.41, 5.74) is 1.96. The van der Waals surface area contributed by atoms with E-state index in [1.54, 1.807) is 24.3 Å². The van der Waals surface area contributed by atoms with E-state index in [1.165, 1.54) is 7.11 Å². The first-order valence-electron chi connectivity index (χ1n) is 9.29. The molecule has 28 heavy (non-hydrogen) atoms. The third kappa shape index (κ3) is 4.03. The van der Waals surface area contributed by atoms with Gasteiger partial charge in [0.15, 0.2) is 11.5 Å². The normalized spacial score (nSPS) is 14.9. The standard InChI is InChI=1S/C21H22N2O5/c1-26-17-10-15(11-18-19(17)28-9-8-27-18)20(24)22-12-13-2-4-14(5-3-13)21(25)23-16-6-7-16/h2-5,10-11,16H,6-9,12H2,1H3,(H,22,24)(H,23,25). The second-order valence-electron chi connectivity index (χ2n) is 6.83. The third-order valence-electron chi connectivity index (χ3n) is 4.67. The van der Waals surface area contributed by atoms with Gasteiger partial charge in [-0.2, -0.15) is 0 Å². The van der Waals surface area contributed by atoms with Gasteiger partial charge in [-0.05, 0) is 42.7 Å². The highest BCUT2D eigenvalue weighted by molar-refractivity contribution is 5.96.